The van der Waals surface area contributed by atoms with Gasteiger partial charge >= 0.3 is 0 Å². The molecular weight excluding hydrogens is 506 g/mol. The monoisotopic (exact) mass is 535 g/mol. The van der Waals surface area contributed by atoms with E-state index in [0.717, 1.165) is 11.1 Å². The first kappa shape index (κ1) is 27.1. The zero-order chi connectivity index (χ0) is 27.6. The van der Waals surface area contributed by atoms with E-state index in [1.807, 2.05) is 45.9 Å². The molecule has 0 aliphatic carbocycles. The summed E-state index contributed by atoms with van der Waals surface area (Å²) in [7, 11) is 1.54. The molecule has 0 aromatic heterocycles. The highest BCUT2D eigenvalue weighted by molar-refractivity contribution is 6.51. The summed E-state index contributed by atoms with van der Waals surface area (Å²) in [5.74, 6) is -0.527. The Balaban J connectivity index is 1.98. The van der Waals surface area contributed by atoms with Crippen LogP contribution in [0.15, 0.2) is 60.2 Å². The van der Waals surface area contributed by atoms with Gasteiger partial charge in [-0.3, -0.25) is 14.5 Å². The number of halogens is 1. The van der Waals surface area contributed by atoms with Crippen LogP contribution in [0.2, 0.25) is 5.02 Å². The molecule has 38 heavy (non-hydrogen) atoms. The van der Waals surface area contributed by atoms with Crippen LogP contribution < -0.4 is 19.1 Å². The molecule has 3 aromatic carbocycles. The summed E-state index contributed by atoms with van der Waals surface area (Å²) in [5.41, 5.74) is 3.25. The number of aryl methyl sites for hydroxylation is 2. The van der Waals surface area contributed by atoms with Crippen LogP contribution in [0.5, 0.6) is 17.2 Å². The van der Waals surface area contributed by atoms with Gasteiger partial charge in [-0.1, -0.05) is 35.4 Å². The molecule has 1 heterocycles. The molecule has 8 heteroatoms. The van der Waals surface area contributed by atoms with Gasteiger partial charge in [-0.25, -0.2) is 0 Å². The SMILES string of the molecule is CCOc1cc(/C(O)=C2\C(=O)C(=O)N(c3ccc(C)cc3C)C2c2ccc(OC)c(OCC)c2)ccc1Cl. The van der Waals surface area contributed by atoms with Crippen LogP contribution in [0, 0.1) is 13.8 Å². The molecule has 0 bridgehead atoms. The Labute approximate surface area is 227 Å². The molecular formula is C30H30ClNO6. The lowest BCUT2D eigenvalue weighted by Crippen LogP contribution is -2.30. The number of rotatable bonds is 8. The Hall–Kier alpha value is -3.97. The van der Waals surface area contributed by atoms with Crippen LogP contribution in [0.4, 0.5) is 5.69 Å². The molecule has 1 amide bonds. The molecule has 1 unspecified atom stereocenters. The predicted octanol–water partition coefficient (Wildman–Crippen LogP) is 6.39. The molecule has 0 spiro atoms. The quantitative estimate of drug-likeness (QED) is 0.204. The van der Waals surface area contributed by atoms with Crippen molar-refractivity contribution in [3.8, 4) is 17.2 Å². The smallest absolute Gasteiger partial charge is 0.300 e. The number of methoxy groups -OCH3 is 1. The van der Waals surface area contributed by atoms with Gasteiger partial charge in [0.25, 0.3) is 11.7 Å². The molecule has 0 radical (unpaired) electrons. The highest BCUT2D eigenvalue weighted by Crippen LogP contribution is 2.45. The van der Waals surface area contributed by atoms with Crippen molar-refractivity contribution in [2.75, 3.05) is 25.2 Å². The zero-order valence-corrected chi connectivity index (χ0v) is 22.8. The Morgan fingerprint density at radius 2 is 1.63 bits per heavy atom. The number of hydrogen-bond donors (Lipinski definition) is 1. The van der Waals surface area contributed by atoms with Crippen LogP contribution in [-0.4, -0.2) is 37.1 Å². The highest BCUT2D eigenvalue weighted by Gasteiger charge is 2.47. The fourth-order valence-corrected chi connectivity index (χ4v) is 4.85. The van der Waals surface area contributed by atoms with E-state index in [0.29, 0.717) is 52.3 Å². The molecule has 1 fully saturated rings. The summed E-state index contributed by atoms with van der Waals surface area (Å²) in [4.78, 5) is 28.5. The number of ketones is 1. The van der Waals surface area contributed by atoms with Crippen LogP contribution in [0.3, 0.4) is 0 Å². The zero-order valence-electron chi connectivity index (χ0n) is 22.0. The number of Topliss-reactive ketones (excluding diaryl/α,β-unsaturated/α-hetero) is 1. The standard InChI is InChI=1S/C30H30ClNO6/c1-6-37-24-16-20(9-11-21(24)31)28(33)26-27(19-10-13-23(36-5)25(15-19)38-7-2)32(30(35)29(26)34)22-12-8-17(3)14-18(22)4/h8-16,27,33H,6-7H2,1-5H3/b28-26+. The minimum atomic E-state index is -0.923. The molecule has 1 aliphatic rings. The van der Waals surface area contributed by atoms with Gasteiger partial charge in [-0.05, 0) is 75.2 Å². The number of aliphatic hydroxyl groups is 1. The van der Waals surface area contributed by atoms with E-state index in [1.54, 1.807) is 36.4 Å². The van der Waals surface area contributed by atoms with E-state index in [1.165, 1.54) is 12.0 Å². The molecule has 198 valence electrons. The summed E-state index contributed by atoms with van der Waals surface area (Å²) in [5, 5.41) is 11.9. The van der Waals surface area contributed by atoms with Crippen LogP contribution in [0.1, 0.15) is 42.1 Å². The van der Waals surface area contributed by atoms with Crippen molar-refractivity contribution in [2.45, 2.75) is 33.7 Å². The second-order valence-corrected chi connectivity index (χ2v) is 9.29. The fourth-order valence-electron chi connectivity index (χ4n) is 4.68. The fraction of sp³-hybridized carbons (Fsp3) is 0.267. The lowest BCUT2D eigenvalue weighted by molar-refractivity contribution is -0.132. The maximum atomic E-state index is 13.6. The number of benzene rings is 3. The van der Waals surface area contributed by atoms with E-state index < -0.39 is 17.7 Å². The second-order valence-electron chi connectivity index (χ2n) is 8.88. The summed E-state index contributed by atoms with van der Waals surface area (Å²) < 4.78 is 16.8. The molecule has 1 aliphatic heterocycles. The number of carbonyl (C=O) groups is 2. The topological polar surface area (TPSA) is 85.3 Å². The number of anilines is 1. The predicted molar refractivity (Wildman–Crippen MR) is 147 cm³/mol. The molecule has 1 atom stereocenters. The van der Waals surface area contributed by atoms with Crippen molar-refractivity contribution in [2.24, 2.45) is 0 Å². The van der Waals surface area contributed by atoms with Crippen molar-refractivity contribution in [3.63, 3.8) is 0 Å². The van der Waals surface area contributed by atoms with Gasteiger partial charge in [0, 0.05) is 11.3 Å². The van der Waals surface area contributed by atoms with Gasteiger partial charge in [0.2, 0.25) is 0 Å². The number of amides is 1. The van der Waals surface area contributed by atoms with Crippen LogP contribution in [-0.2, 0) is 9.59 Å². The minimum Gasteiger partial charge on any atom is -0.507 e. The minimum absolute atomic E-state index is 0.0487. The van der Waals surface area contributed by atoms with E-state index >= 15 is 0 Å². The first-order valence-electron chi connectivity index (χ1n) is 12.3. The molecule has 3 aromatic rings. The Kier molecular flexibility index (Phi) is 7.97. The summed E-state index contributed by atoms with van der Waals surface area (Å²) in [6, 6.07) is 14.6. The largest absolute Gasteiger partial charge is 0.507 e. The maximum Gasteiger partial charge on any atom is 0.300 e. The third kappa shape index (κ3) is 4.94. The molecule has 1 N–H and O–H groups in total. The molecule has 4 rings (SSSR count). The first-order valence-corrected chi connectivity index (χ1v) is 12.7. The first-order chi connectivity index (χ1) is 18.2. The Bertz CT molecular complexity index is 1430. The average molecular weight is 536 g/mol. The Morgan fingerprint density at radius 1 is 0.921 bits per heavy atom. The van der Waals surface area contributed by atoms with Gasteiger partial charge in [0.1, 0.15) is 11.5 Å². The summed E-state index contributed by atoms with van der Waals surface area (Å²) >= 11 is 6.25. The van der Waals surface area contributed by atoms with E-state index in [-0.39, 0.29) is 11.3 Å². The van der Waals surface area contributed by atoms with Gasteiger partial charge in [0.15, 0.2) is 11.5 Å². The number of carbonyl (C=O) groups excluding carboxylic acids is 2. The third-order valence-corrected chi connectivity index (χ3v) is 6.68. The van der Waals surface area contributed by atoms with Crippen molar-refractivity contribution in [1.29, 1.82) is 0 Å². The van der Waals surface area contributed by atoms with E-state index in [4.69, 9.17) is 25.8 Å². The van der Waals surface area contributed by atoms with Gasteiger partial charge in [-0.2, -0.15) is 0 Å². The van der Waals surface area contributed by atoms with Crippen LogP contribution >= 0.6 is 11.6 Å². The van der Waals surface area contributed by atoms with E-state index in [9.17, 15) is 14.7 Å². The van der Waals surface area contributed by atoms with Gasteiger partial charge in [0.05, 0.1) is 37.0 Å². The van der Waals surface area contributed by atoms with Crippen molar-refractivity contribution >= 4 is 34.7 Å². The van der Waals surface area contributed by atoms with Crippen molar-refractivity contribution in [3.05, 3.63) is 87.4 Å². The number of hydrogen-bond acceptors (Lipinski definition) is 6. The third-order valence-electron chi connectivity index (χ3n) is 6.36. The van der Waals surface area contributed by atoms with Gasteiger partial charge in [-0.15, -0.1) is 0 Å². The second kappa shape index (κ2) is 11.2. The number of aliphatic hydroxyl groups excluding tert-OH is 1. The lowest BCUT2D eigenvalue weighted by Gasteiger charge is -2.27. The van der Waals surface area contributed by atoms with Gasteiger partial charge < -0.3 is 19.3 Å². The summed E-state index contributed by atoms with van der Waals surface area (Å²) in [6.45, 7) is 8.26. The molecule has 7 nitrogen and oxygen atoms in total. The van der Waals surface area contributed by atoms with Crippen LogP contribution in [0.25, 0.3) is 5.76 Å². The summed E-state index contributed by atoms with van der Waals surface area (Å²) in [6.07, 6.45) is 0. The average Bonchev–Trinajstić information content (AvgIpc) is 3.15. The number of ether oxygens (including phenoxy) is 3. The lowest BCUT2D eigenvalue weighted by atomic mass is 9.94. The van der Waals surface area contributed by atoms with Crippen molar-refractivity contribution < 1.29 is 28.9 Å². The normalized spacial score (nSPS) is 16.6. The number of nitrogens with zero attached hydrogens (tertiary/aromatic N) is 1. The maximum absolute atomic E-state index is 13.6. The Morgan fingerprint density at radius 3 is 2.29 bits per heavy atom. The molecule has 0 saturated carbocycles. The molecule has 1 saturated heterocycles. The van der Waals surface area contributed by atoms with Crippen molar-refractivity contribution in [1.82, 2.24) is 0 Å². The highest BCUT2D eigenvalue weighted by atomic mass is 35.5. The van der Waals surface area contributed by atoms with E-state index in [2.05, 4.69) is 0 Å².